The van der Waals surface area contributed by atoms with E-state index in [-0.39, 0.29) is 35.7 Å². The molecule has 0 atom stereocenters. The van der Waals surface area contributed by atoms with Gasteiger partial charge in [0.2, 0.25) is 0 Å². The molecule has 0 radical (unpaired) electrons. The number of rotatable bonds is 13. The molecule has 0 fully saturated rings. The second-order valence-electron chi connectivity index (χ2n) is 6.91. The summed E-state index contributed by atoms with van der Waals surface area (Å²) in [7, 11) is 0. The molecular weight excluding hydrogens is 484 g/mol. The summed E-state index contributed by atoms with van der Waals surface area (Å²) in [5.41, 5.74) is -0.318. The number of non-ortho nitro benzene ring substituents is 2. The fraction of sp³-hybridized carbons (Fsp3) is 0.273. The van der Waals surface area contributed by atoms with Crippen LogP contribution in [0.4, 0.5) is 11.4 Å². The number of nitro groups is 2. The van der Waals surface area contributed by atoms with Crippen molar-refractivity contribution in [3.63, 3.8) is 0 Å². The van der Waals surface area contributed by atoms with Gasteiger partial charge in [-0.2, -0.15) is 0 Å². The second kappa shape index (κ2) is 13.7. The molecule has 2 aromatic rings. The average molecular weight is 504 g/mol. The van der Waals surface area contributed by atoms with Gasteiger partial charge in [-0.15, -0.1) is 0 Å². The Labute approximate surface area is 203 Å². The van der Waals surface area contributed by atoms with Crippen molar-refractivity contribution >= 4 is 35.3 Å². The van der Waals surface area contributed by atoms with Crippen LogP contribution in [0.3, 0.4) is 0 Å². The van der Waals surface area contributed by atoms with E-state index in [9.17, 15) is 39.4 Å². The molecule has 0 saturated heterocycles. The first-order valence-electron chi connectivity index (χ1n) is 10.3. The first kappa shape index (κ1) is 27.4. The van der Waals surface area contributed by atoms with Crippen LogP contribution in [-0.2, 0) is 28.5 Å². The Bertz CT molecular complexity index is 1020. The maximum absolute atomic E-state index is 11.8. The van der Waals surface area contributed by atoms with E-state index in [0.29, 0.717) is 12.8 Å². The van der Waals surface area contributed by atoms with E-state index in [1.54, 1.807) is 0 Å². The van der Waals surface area contributed by atoms with Crippen molar-refractivity contribution in [2.45, 2.75) is 12.8 Å². The van der Waals surface area contributed by atoms with Gasteiger partial charge in [0.1, 0.15) is 0 Å². The van der Waals surface area contributed by atoms with Crippen molar-refractivity contribution in [2.24, 2.45) is 0 Å². The highest BCUT2D eigenvalue weighted by molar-refractivity contribution is 5.91. The molecule has 0 amide bonds. The van der Waals surface area contributed by atoms with Crippen molar-refractivity contribution in [1.82, 2.24) is 0 Å². The third-order valence-corrected chi connectivity index (χ3v) is 4.33. The summed E-state index contributed by atoms with van der Waals surface area (Å²) in [4.78, 5) is 66.8. The Hall–Kier alpha value is -4.88. The number of ether oxygens (including phenoxy) is 4. The SMILES string of the molecule is O=C(COC(=O)c1ccc([N+](=O)[O-])cc1)OCCCCOC(=O)COC(=O)c1ccc([N+](=O)[O-])cc1. The molecule has 0 N–H and O–H groups in total. The fourth-order valence-corrected chi connectivity index (χ4v) is 2.51. The van der Waals surface area contributed by atoms with Crippen molar-refractivity contribution in [1.29, 1.82) is 0 Å². The lowest BCUT2D eigenvalue weighted by atomic mass is 10.2. The standard InChI is InChI=1S/C22H20N2O12/c25-19(13-35-21(27)15-3-7-17(8-4-15)23(29)30)33-11-1-2-12-34-20(26)14-36-22(28)16-5-9-18(10-6-16)24(31)32/h3-10H,1-2,11-14H2. The van der Waals surface area contributed by atoms with Crippen LogP contribution in [0.15, 0.2) is 48.5 Å². The van der Waals surface area contributed by atoms with Crippen LogP contribution in [0.5, 0.6) is 0 Å². The van der Waals surface area contributed by atoms with Gasteiger partial charge in [-0.3, -0.25) is 20.2 Å². The summed E-state index contributed by atoms with van der Waals surface area (Å²) in [6.45, 7) is -1.35. The molecule has 0 bridgehead atoms. The maximum atomic E-state index is 11.8. The molecule has 0 unspecified atom stereocenters. The zero-order valence-corrected chi connectivity index (χ0v) is 18.7. The van der Waals surface area contributed by atoms with Gasteiger partial charge in [0, 0.05) is 24.3 Å². The lowest BCUT2D eigenvalue weighted by Gasteiger charge is -2.07. The van der Waals surface area contributed by atoms with E-state index in [4.69, 9.17) is 18.9 Å². The van der Waals surface area contributed by atoms with Gasteiger partial charge in [0.05, 0.1) is 34.2 Å². The normalized spacial score (nSPS) is 10.1. The summed E-state index contributed by atoms with van der Waals surface area (Å²) in [6, 6.07) is 9.31. The van der Waals surface area contributed by atoms with Crippen LogP contribution in [0.2, 0.25) is 0 Å². The largest absolute Gasteiger partial charge is 0.463 e. The number of nitrogens with zero attached hydrogens (tertiary/aromatic N) is 2. The Morgan fingerprint density at radius 3 is 1.22 bits per heavy atom. The molecule has 0 heterocycles. The summed E-state index contributed by atoms with van der Waals surface area (Å²) < 4.78 is 19.3. The molecule has 0 spiro atoms. The quantitative estimate of drug-likeness (QED) is 0.127. The molecule has 14 nitrogen and oxygen atoms in total. The highest BCUT2D eigenvalue weighted by Gasteiger charge is 2.14. The van der Waals surface area contributed by atoms with Crippen molar-refractivity contribution < 1.29 is 48.0 Å². The Morgan fingerprint density at radius 1 is 0.583 bits per heavy atom. The number of esters is 4. The lowest BCUT2D eigenvalue weighted by Crippen LogP contribution is -2.18. The second-order valence-corrected chi connectivity index (χ2v) is 6.91. The Kier molecular flexibility index (Phi) is 10.4. The minimum absolute atomic E-state index is 0.0272. The highest BCUT2D eigenvalue weighted by Crippen LogP contribution is 2.13. The van der Waals surface area contributed by atoms with E-state index in [2.05, 4.69) is 0 Å². The van der Waals surface area contributed by atoms with Gasteiger partial charge in [-0.05, 0) is 37.1 Å². The lowest BCUT2D eigenvalue weighted by molar-refractivity contribution is -0.385. The monoisotopic (exact) mass is 504 g/mol. The number of benzene rings is 2. The molecular formula is C22H20N2O12. The zero-order valence-electron chi connectivity index (χ0n) is 18.7. The number of hydrogen-bond donors (Lipinski definition) is 0. The average Bonchev–Trinajstić information content (AvgIpc) is 2.87. The van der Waals surface area contributed by atoms with Crippen LogP contribution in [0.25, 0.3) is 0 Å². The summed E-state index contributed by atoms with van der Waals surface area (Å²) in [5.74, 6) is -3.30. The van der Waals surface area contributed by atoms with Gasteiger partial charge in [-0.25, -0.2) is 19.2 Å². The van der Waals surface area contributed by atoms with Gasteiger partial charge in [0.15, 0.2) is 13.2 Å². The van der Waals surface area contributed by atoms with Crippen LogP contribution in [0.1, 0.15) is 33.6 Å². The molecule has 2 rings (SSSR count). The first-order chi connectivity index (χ1) is 17.2. The molecule has 0 saturated carbocycles. The van der Waals surface area contributed by atoms with E-state index in [0.717, 1.165) is 24.3 Å². The van der Waals surface area contributed by atoms with Gasteiger partial charge in [0.25, 0.3) is 11.4 Å². The smallest absolute Gasteiger partial charge is 0.344 e. The van der Waals surface area contributed by atoms with E-state index < -0.39 is 46.9 Å². The molecule has 0 aliphatic carbocycles. The van der Waals surface area contributed by atoms with Gasteiger partial charge >= 0.3 is 23.9 Å². The summed E-state index contributed by atoms with van der Waals surface area (Å²) >= 11 is 0. The van der Waals surface area contributed by atoms with E-state index in [1.807, 2.05) is 0 Å². The zero-order chi connectivity index (χ0) is 26.5. The summed E-state index contributed by atoms with van der Waals surface area (Å²) in [5, 5.41) is 21.2. The van der Waals surface area contributed by atoms with Crippen LogP contribution >= 0.6 is 0 Å². The van der Waals surface area contributed by atoms with Crippen LogP contribution in [0, 0.1) is 20.2 Å². The van der Waals surface area contributed by atoms with E-state index >= 15 is 0 Å². The molecule has 2 aromatic carbocycles. The minimum atomic E-state index is -0.844. The predicted octanol–water partition coefficient (Wildman–Crippen LogP) is 2.38. The van der Waals surface area contributed by atoms with Gasteiger partial charge < -0.3 is 18.9 Å². The number of unbranched alkanes of at least 4 members (excludes halogenated alkanes) is 1. The number of carbonyl (C=O) groups excluding carboxylic acids is 4. The Balaban J connectivity index is 1.54. The predicted molar refractivity (Wildman–Crippen MR) is 118 cm³/mol. The van der Waals surface area contributed by atoms with E-state index in [1.165, 1.54) is 24.3 Å². The molecule has 0 aliphatic rings. The van der Waals surface area contributed by atoms with Gasteiger partial charge in [-0.1, -0.05) is 0 Å². The van der Waals surface area contributed by atoms with Crippen molar-refractivity contribution in [3.05, 3.63) is 79.9 Å². The topological polar surface area (TPSA) is 191 Å². The summed E-state index contributed by atoms with van der Waals surface area (Å²) in [6.07, 6.45) is 0.663. The highest BCUT2D eigenvalue weighted by atomic mass is 16.6. The third-order valence-electron chi connectivity index (χ3n) is 4.33. The number of nitro benzene ring substituents is 2. The van der Waals surface area contributed by atoms with Crippen LogP contribution in [-0.4, -0.2) is 60.2 Å². The Morgan fingerprint density at radius 2 is 0.917 bits per heavy atom. The minimum Gasteiger partial charge on any atom is -0.463 e. The molecule has 14 heteroatoms. The third kappa shape index (κ3) is 9.17. The molecule has 190 valence electrons. The van der Waals surface area contributed by atoms with Crippen molar-refractivity contribution in [2.75, 3.05) is 26.4 Å². The van der Waals surface area contributed by atoms with Crippen molar-refractivity contribution in [3.8, 4) is 0 Å². The molecule has 36 heavy (non-hydrogen) atoms. The van der Waals surface area contributed by atoms with Crippen LogP contribution < -0.4 is 0 Å². The number of hydrogen-bond acceptors (Lipinski definition) is 12. The molecule has 0 aliphatic heterocycles. The molecule has 0 aromatic heterocycles. The maximum Gasteiger partial charge on any atom is 0.344 e. The fourth-order valence-electron chi connectivity index (χ4n) is 2.51. The first-order valence-corrected chi connectivity index (χ1v) is 10.3. The number of carbonyl (C=O) groups is 4.